The van der Waals surface area contributed by atoms with Crippen molar-refractivity contribution in [1.82, 2.24) is 9.80 Å². The largest absolute Gasteiger partial charge is 0.288 e. The number of hydrogen-bond acceptors (Lipinski definition) is 2. The number of rotatable bonds is 5. The van der Waals surface area contributed by atoms with Gasteiger partial charge in [-0.1, -0.05) is 60.7 Å². The van der Waals surface area contributed by atoms with Crippen LogP contribution in [0.1, 0.15) is 24.0 Å². The SMILES string of the molecule is c1ccc(CN(Cc2ccccc2)C2C3CCN2CC3)cc1. The van der Waals surface area contributed by atoms with Crippen molar-refractivity contribution in [1.29, 1.82) is 0 Å². The summed E-state index contributed by atoms with van der Waals surface area (Å²) in [4.78, 5) is 5.38. The predicted octanol–water partition coefficient (Wildman–Crippen LogP) is 3.74. The van der Waals surface area contributed by atoms with E-state index >= 15 is 0 Å². The molecule has 2 saturated heterocycles. The first-order valence-electron chi connectivity index (χ1n) is 8.46. The van der Waals surface area contributed by atoms with Crippen molar-refractivity contribution in [2.24, 2.45) is 5.92 Å². The molecule has 0 N–H and O–H groups in total. The molecule has 22 heavy (non-hydrogen) atoms. The molecule has 0 amide bonds. The summed E-state index contributed by atoms with van der Waals surface area (Å²) in [6, 6.07) is 21.8. The van der Waals surface area contributed by atoms with Crippen molar-refractivity contribution in [2.45, 2.75) is 32.1 Å². The van der Waals surface area contributed by atoms with E-state index in [2.05, 4.69) is 70.5 Å². The Balaban J connectivity index is 1.57. The summed E-state index contributed by atoms with van der Waals surface area (Å²) in [7, 11) is 0. The van der Waals surface area contributed by atoms with Crippen molar-refractivity contribution in [3.05, 3.63) is 71.8 Å². The molecule has 0 saturated carbocycles. The van der Waals surface area contributed by atoms with Crippen LogP contribution in [0.4, 0.5) is 0 Å². The molecule has 2 heteroatoms. The van der Waals surface area contributed by atoms with Crippen molar-refractivity contribution in [2.75, 3.05) is 13.1 Å². The number of fused-ring (bicyclic) bond motifs is 2. The summed E-state index contributed by atoms with van der Waals surface area (Å²) in [5.41, 5.74) is 2.84. The third-order valence-electron chi connectivity index (χ3n) is 5.20. The standard InChI is InChI=1S/C20H24N2/c1-3-7-17(8-4-1)15-22(16-18-9-5-2-6-10-18)20-19-11-13-21(20)14-12-19/h1-10,19-20H,11-16H2. The first kappa shape index (κ1) is 14.0. The molecule has 0 radical (unpaired) electrons. The molecule has 2 nitrogen and oxygen atoms in total. The molecule has 114 valence electrons. The van der Waals surface area contributed by atoms with E-state index in [0.717, 1.165) is 19.0 Å². The molecule has 2 aliphatic heterocycles. The molecule has 2 heterocycles. The Morgan fingerprint density at radius 3 is 1.68 bits per heavy atom. The van der Waals surface area contributed by atoms with Crippen LogP contribution in [0.5, 0.6) is 0 Å². The lowest BCUT2D eigenvalue weighted by Gasteiger charge is -2.33. The van der Waals surface area contributed by atoms with Crippen LogP contribution in [0.15, 0.2) is 60.7 Å². The molecular formula is C20H24N2. The fourth-order valence-electron chi connectivity index (χ4n) is 4.19. The second-order valence-electron chi connectivity index (χ2n) is 6.66. The van der Waals surface area contributed by atoms with E-state index in [-0.39, 0.29) is 0 Å². The summed E-state index contributed by atoms with van der Waals surface area (Å²) in [5.74, 6) is 0.868. The van der Waals surface area contributed by atoms with Crippen molar-refractivity contribution in [3.63, 3.8) is 0 Å². The van der Waals surface area contributed by atoms with Gasteiger partial charge in [-0.3, -0.25) is 9.80 Å². The minimum Gasteiger partial charge on any atom is -0.288 e. The minimum absolute atomic E-state index is 0.639. The van der Waals surface area contributed by atoms with Crippen LogP contribution in [-0.4, -0.2) is 29.1 Å². The predicted molar refractivity (Wildman–Crippen MR) is 90.2 cm³/mol. The quantitative estimate of drug-likeness (QED) is 0.828. The molecular weight excluding hydrogens is 268 g/mol. The maximum absolute atomic E-state index is 2.69. The van der Waals surface area contributed by atoms with E-state index < -0.39 is 0 Å². The number of benzene rings is 2. The van der Waals surface area contributed by atoms with Crippen LogP contribution in [-0.2, 0) is 13.1 Å². The van der Waals surface area contributed by atoms with Gasteiger partial charge in [0.2, 0.25) is 0 Å². The lowest BCUT2D eigenvalue weighted by molar-refractivity contribution is 0.0751. The highest BCUT2D eigenvalue weighted by atomic mass is 15.4. The Morgan fingerprint density at radius 2 is 1.27 bits per heavy atom. The molecule has 4 rings (SSSR count). The summed E-state index contributed by atoms with van der Waals surface area (Å²) in [5, 5.41) is 0. The van der Waals surface area contributed by atoms with Gasteiger partial charge in [-0.2, -0.15) is 0 Å². The number of piperidine rings is 1. The minimum atomic E-state index is 0.639. The highest BCUT2D eigenvalue weighted by Crippen LogP contribution is 2.37. The van der Waals surface area contributed by atoms with Gasteiger partial charge in [-0.15, -0.1) is 0 Å². The second-order valence-corrected chi connectivity index (χ2v) is 6.66. The van der Waals surface area contributed by atoms with Gasteiger partial charge in [-0.05, 0) is 29.9 Å². The highest BCUT2D eigenvalue weighted by Gasteiger charge is 2.42. The van der Waals surface area contributed by atoms with Crippen LogP contribution < -0.4 is 0 Å². The van der Waals surface area contributed by atoms with E-state index in [1.807, 2.05) is 0 Å². The normalized spacial score (nSPS) is 26.7. The Morgan fingerprint density at radius 1 is 0.773 bits per heavy atom. The third-order valence-corrected chi connectivity index (χ3v) is 5.20. The zero-order chi connectivity index (χ0) is 14.8. The van der Waals surface area contributed by atoms with E-state index in [1.165, 1.54) is 37.1 Å². The first-order chi connectivity index (χ1) is 10.9. The summed E-state index contributed by atoms with van der Waals surface area (Å²) < 4.78 is 0. The highest BCUT2D eigenvalue weighted by molar-refractivity contribution is 5.18. The van der Waals surface area contributed by atoms with E-state index in [1.54, 1.807) is 0 Å². The van der Waals surface area contributed by atoms with Crippen LogP contribution in [0.2, 0.25) is 0 Å². The second kappa shape index (κ2) is 6.23. The number of hydrogen-bond donors (Lipinski definition) is 0. The van der Waals surface area contributed by atoms with Crippen molar-refractivity contribution >= 4 is 0 Å². The van der Waals surface area contributed by atoms with E-state index in [0.29, 0.717) is 6.17 Å². The molecule has 0 spiro atoms. The molecule has 0 aromatic heterocycles. The molecule has 1 unspecified atom stereocenters. The van der Waals surface area contributed by atoms with Gasteiger partial charge in [0.05, 0.1) is 6.17 Å². The summed E-state index contributed by atoms with van der Waals surface area (Å²) >= 11 is 0. The Hall–Kier alpha value is -1.64. The van der Waals surface area contributed by atoms with Gasteiger partial charge in [0.15, 0.2) is 0 Å². The topological polar surface area (TPSA) is 6.48 Å². The average molecular weight is 292 g/mol. The average Bonchev–Trinajstić information content (AvgIpc) is 3.16. The Labute approximate surface area is 133 Å². The zero-order valence-electron chi connectivity index (χ0n) is 13.1. The molecule has 0 aliphatic carbocycles. The van der Waals surface area contributed by atoms with E-state index in [4.69, 9.17) is 0 Å². The lowest BCUT2D eigenvalue weighted by Crippen LogP contribution is -2.42. The van der Waals surface area contributed by atoms with Crippen molar-refractivity contribution < 1.29 is 0 Å². The van der Waals surface area contributed by atoms with E-state index in [9.17, 15) is 0 Å². The summed E-state index contributed by atoms with van der Waals surface area (Å²) in [6.07, 6.45) is 3.40. The van der Waals surface area contributed by atoms with Gasteiger partial charge < -0.3 is 0 Å². The molecule has 2 aromatic carbocycles. The van der Waals surface area contributed by atoms with Crippen LogP contribution in [0.25, 0.3) is 0 Å². The Kier molecular flexibility index (Phi) is 3.96. The maximum Gasteiger partial charge on any atom is 0.0658 e. The lowest BCUT2D eigenvalue weighted by atomic mass is 10.0. The smallest absolute Gasteiger partial charge is 0.0658 e. The third kappa shape index (κ3) is 2.81. The molecule has 2 aliphatic rings. The van der Waals surface area contributed by atoms with Gasteiger partial charge in [0.25, 0.3) is 0 Å². The molecule has 2 bridgehead atoms. The van der Waals surface area contributed by atoms with Crippen LogP contribution in [0, 0.1) is 5.92 Å². The molecule has 2 aromatic rings. The number of nitrogens with zero attached hydrogens (tertiary/aromatic N) is 2. The molecule has 1 atom stereocenters. The van der Waals surface area contributed by atoms with Crippen LogP contribution in [0.3, 0.4) is 0 Å². The van der Waals surface area contributed by atoms with Gasteiger partial charge in [0, 0.05) is 26.2 Å². The van der Waals surface area contributed by atoms with Gasteiger partial charge >= 0.3 is 0 Å². The Bertz CT molecular complexity index is 534. The zero-order valence-corrected chi connectivity index (χ0v) is 13.1. The summed E-state index contributed by atoms with van der Waals surface area (Å²) in [6.45, 7) is 4.67. The van der Waals surface area contributed by atoms with Gasteiger partial charge in [0.1, 0.15) is 0 Å². The molecule has 2 fully saturated rings. The monoisotopic (exact) mass is 292 g/mol. The maximum atomic E-state index is 2.69. The van der Waals surface area contributed by atoms with Gasteiger partial charge in [-0.25, -0.2) is 0 Å². The van der Waals surface area contributed by atoms with Crippen LogP contribution >= 0.6 is 0 Å². The fourth-order valence-corrected chi connectivity index (χ4v) is 4.19. The van der Waals surface area contributed by atoms with Crippen molar-refractivity contribution in [3.8, 4) is 0 Å². The first-order valence-corrected chi connectivity index (χ1v) is 8.46. The fraction of sp³-hybridized carbons (Fsp3) is 0.400.